The van der Waals surface area contributed by atoms with E-state index in [1.54, 1.807) is 0 Å². The Hall–Kier alpha value is -12.0. The van der Waals surface area contributed by atoms with Gasteiger partial charge in [-0.25, -0.2) is 19.9 Å². The van der Waals surface area contributed by atoms with Crippen LogP contribution in [0.25, 0.3) is 167 Å². The zero-order chi connectivity index (χ0) is 58.1. The molecule has 12 aromatic carbocycles. The maximum absolute atomic E-state index is 6.23. The van der Waals surface area contributed by atoms with Gasteiger partial charge in [0.15, 0.2) is 11.6 Å². The predicted octanol–water partition coefficient (Wildman–Crippen LogP) is 20.9. The van der Waals surface area contributed by atoms with Crippen molar-refractivity contribution in [2.75, 3.05) is 0 Å². The number of nitrogens with zero attached hydrogens (tertiary/aromatic N) is 6. The third-order valence-corrected chi connectivity index (χ3v) is 16.8. The Morgan fingerprint density at radius 3 is 1.30 bits per heavy atom. The quantitative estimate of drug-likeness (QED) is 0.151. The van der Waals surface area contributed by atoms with E-state index in [0.717, 1.165) is 133 Å². The summed E-state index contributed by atoms with van der Waals surface area (Å²) >= 11 is 0. The number of fused-ring (bicyclic) bond motifs is 12. The standard InChI is InChI=1S/2C40H25N3O/c1-3-12-26(13-4-1)33-25-34(27-22-23-38-32(24-27)29-16-8-10-21-37(29)44-38)42-40(41-33)31-18-11-20-36-39(31)30-17-7-9-19-35(30)43(36)28-14-5-2-6-15-28;1-3-11-26(12-4-1)34-25-35(27-19-22-33-32-16-8-10-18-38(32)44-39(33)24-27)42-40(41-34)28-20-21-31-30-15-7-9-17-36(30)43(37(31)23-28)29-13-5-2-6-14-29/h2*1-25H. The summed E-state index contributed by atoms with van der Waals surface area (Å²) in [6, 6.07) is 105. The molecule has 0 aliphatic heterocycles. The molecule has 0 bridgehead atoms. The van der Waals surface area contributed by atoms with E-state index in [1.807, 2.05) is 66.7 Å². The average Bonchev–Trinajstić information content (AvgIpc) is 1.87. The fourth-order valence-electron chi connectivity index (χ4n) is 12.7. The smallest absolute Gasteiger partial charge is 0.161 e. The Morgan fingerprint density at radius 2 is 0.648 bits per heavy atom. The van der Waals surface area contributed by atoms with Crippen molar-refractivity contribution in [1.29, 1.82) is 0 Å². The predicted molar refractivity (Wildman–Crippen MR) is 360 cm³/mol. The van der Waals surface area contributed by atoms with Gasteiger partial charge in [-0.1, -0.05) is 200 Å². The first-order chi connectivity index (χ1) is 43.6. The van der Waals surface area contributed by atoms with Crippen molar-refractivity contribution in [3.63, 3.8) is 0 Å². The minimum absolute atomic E-state index is 0.679. The maximum Gasteiger partial charge on any atom is 0.161 e. The lowest BCUT2D eigenvalue weighted by atomic mass is 10.0. The third-order valence-electron chi connectivity index (χ3n) is 16.8. The summed E-state index contributed by atoms with van der Waals surface area (Å²) in [7, 11) is 0. The number of aromatic nitrogens is 6. The Balaban J connectivity index is 0.000000137. The van der Waals surface area contributed by atoms with Gasteiger partial charge < -0.3 is 18.0 Å². The van der Waals surface area contributed by atoms with E-state index >= 15 is 0 Å². The van der Waals surface area contributed by atoms with Crippen molar-refractivity contribution < 1.29 is 8.83 Å². The summed E-state index contributed by atoms with van der Waals surface area (Å²) in [5.74, 6) is 1.37. The van der Waals surface area contributed by atoms with Crippen molar-refractivity contribution in [3.05, 3.63) is 303 Å². The SMILES string of the molecule is c1ccc(-c2cc(-c3ccc4c(c3)oc3ccccc34)nc(-c3ccc4c5ccccc5n(-c5ccccc5)c4c3)n2)cc1.c1ccc(-c2cc(-c3ccc4oc5ccccc5c4c3)nc(-c3cccc4c3c3ccccc3n4-c3ccccc3)n2)cc1. The number of furan rings is 2. The molecule has 0 amide bonds. The molecule has 412 valence electrons. The first kappa shape index (κ1) is 50.5. The summed E-state index contributed by atoms with van der Waals surface area (Å²) in [6.07, 6.45) is 0. The lowest BCUT2D eigenvalue weighted by molar-refractivity contribution is 0.668. The molecule has 0 saturated carbocycles. The van der Waals surface area contributed by atoms with Crippen LogP contribution in [-0.2, 0) is 0 Å². The second-order valence-corrected chi connectivity index (χ2v) is 22.1. The van der Waals surface area contributed by atoms with Gasteiger partial charge in [0.05, 0.1) is 44.8 Å². The Labute approximate surface area is 505 Å². The van der Waals surface area contributed by atoms with Crippen LogP contribution in [0.4, 0.5) is 0 Å². The highest BCUT2D eigenvalue weighted by atomic mass is 16.3. The molecule has 0 unspecified atom stereocenters. The molecule has 6 aromatic heterocycles. The van der Waals surface area contributed by atoms with Crippen LogP contribution in [0.2, 0.25) is 0 Å². The van der Waals surface area contributed by atoms with E-state index in [4.69, 9.17) is 28.8 Å². The van der Waals surface area contributed by atoms with Crippen LogP contribution < -0.4 is 0 Å². The molecule has 0 radical (unpaired) electrons. The molecule has 0 N–H and O–H groups in total. The molecule has 18 aromatic rings. The molecule has 8 heteroatoms. The Morgan fingerprint density at radius 1 is 0.227 bits per heavy atom. The second kappa shape index (κ2) is 21.0. The van der Waals surface area contributed by atoms with E-state index in [2.05, 4.69) is 246 Å². The number of hydrogen-bond donors (Lipinski definition) is 0. The minimum atomic E-state index is 0.679. The molecule has 6 heterocycles. The maximum atomic E-state index is 6.23. The topological polar surface area (TPSA) is 87.7 Å². The molecule has 0 spiro atoms. The molecular formula is C80H50N6O2. The third kappa shape index (κ3) is 8.69. The van der Waals surface area contributed by atoms with Crippen molar-refractivity contribution in [2.24, 2.45) is 0 Å². The molecule has 18 rings (SSSR count). The molecule has 88 heavy (non-hydrogen) atoms. The van der Waals surface area contributed by atoms with E-state index in [9.17, 15) is 0 Å². The van der Waals surface area contributed by atoms with E-state index < -0.39 is 0 Å². The van der Waals surface area contributed by atoms with Gasteiger partial charge in [0.25, 0.3) is 0 Å². The van der Waals surface area contributed by atoms with Crippen molar-refractivity contribution >= 4 is 87.5 Å². The second-order valence-electron chi connectivity index (χ2n) is 22.1. The van der Waals surface area contributed by atoms with Gasteiger partial charge in [-0.3, -0.25) is 0 Å². The van der Waals surface area contributed by atoms with Gasteiger partial charge in [-0.2, -0.15) is 0 Å². The number of rotatable bonds is 8. The van der Waals surface area contributed by atoms with Crippen LogP contribution in [0.3, 0.4) is 0 Å². The lowest BCUT2D eigenvalue weighted by Crippen LogP contribution is -1.97. The largest absolute Gasteiger partial charge is 0.456 e. The fourth-order valence-corrected chi connectivity index (χ4v) is 12.7. The monoisotopic (exact) mass is 1130 g/mol. The molecule has 0 aliphatic rings. The lowest BCUT2D eigenvalue weighted by Gasteiger charge is -2.11. The molecule has 8 nitrogen and oxygen atoms in total. The molecule has 0 fully saturated rings. The molecular weight excluding hydrogens is 1080 g/mol. The number of para-hydroxylation sites is 6. The van der Waals surface area contributed by atoms with E-state index in [-0.39, 0.29) is 0 Å². The number of benzene rings is 12. The Bertz CT molecular complexity index is 5690. The zero-order valence-electron chi connectivity index (χ0n) is 47.4. The van der Waals surface area contributed by atoms with Gasteiger partial charge >= 0.3 is 0 Å². The summed E-state index contributed by atoms with van der Waals surface area (Å²) in [5.41, 5.74) is 19.8. The first-order valence-corrected chi connectivity index (χ1v) is 29.5. The van der Waals surface area contributed by atoms with Crippen LogP contribution in [-0.4, -0.2) is 29.1 Å². The molecule has 0 aliphatic carbocycles. The summed E-state index contributed by atoms with van der Waals surface area (Å²) in [5, 5.41) is 9.11. The fraction of sp³-hybridized carbons (Fsp3) is 0. The summed E-state index contributed by atoms with van der Waals surface area (Å²) in [6.45, 7) is 0. The van der Waals surface area contributed by atoms with Crippen LogP contribution >= 0.6 is 0 Å². The van der Waals surface area contributed by atoms with Gasteiger partial charge in [-0.15, -0.1) is 0 Å². The zero-order valence-corrected chi connectivity index (χ0v) is 47.4. The summed E-state index contributed by atoms with van der Waals surface area (Å²) < 4.78 is 17.0. The first-order valence-electron chi connectivity index (χ1n) is 29.5. The van der Waals surface area contributed by atoms with Crippen molar-refractivity contribution in [1.82, 2.24) is 29.1 Å². The van der Waals surface area contributed by atoms with Crippen molar-refractivity contribution in [3.8, 4) is 79.2 Å². The van der Waals surface area contributed by atoms with Gasteiger partial charge in [0.2, 0.25) is 0 Å². The van der Waals surface area contributed by atoms with Crippen LogP contribution in [0.15, 0.2) is 312 Å². The van der Waals surface area contributed by atoms with Crippen LogP contribution in [0.1, 0.15) is 0 Å². The van der Waals surface area contributed by atoms with Crippen LogP contribution in [0, 0.1) is 0 Å². The highest BCUT2D eigenvalue weighted by Crippen LogP contribution is 2.41. The van der Waals surface area contributed by atoms with Gasteiger partial charge in [0, 0.05) is 87.8 Å². The highest BCUT2D eigenvalue weighted by Gasteiger charge is 2.21. The van der Waals surface area contributed by atoms with Crippen LogP contribution in [0.5, 0.6) is 0 Å². The molecule has 0 atom stereocenters. The number of hydrogen-bond acceptors (Lipinski definition) is 6. The minimum Gasteiger partial charge on any atom is -0.456 e. The summed E-state index contributed by atoms with van der Waals surface area (Å²) in [4.78, 5) is 20.7. The van der Waals surface area contributed by atoms with E-state index in [1.165, 1.54) is 21.7 Å². The normalized spacial score (nSPS) is 11.6. The Kier molecular flexibility index (Phi) is 12.0. The van der Waals surface area contributed by atoms with Crippen molar-refractivity contribution in [2.45, 2.75) is 0 Å². The van der Waals surface area contributed by atoms with Gasteiger partial charge in [-0.05, 0) is 103 Å². The van der Waals surface area contributed by atoms with Gasteiger partial charge in [0.1, 0.15) is 22.3 Å². The average molecular weight is 1130 g/mol. The van der Waals surface area contributed by atoms with E-state index in [0.29, 0.717) is 11.6 Å². The highest BCUT2D eigenvalue weighted by molar-refractivity contribution is 6.16. The molecule has 0 saturated heterocycles.